The van der Waals surface area contributed by atoms with Crippen molar-refractivity contribution in [3.63, 3.8) is 0 Å². The Morgan fingerprint density at radius 2 is 1.96 bits per heavy atom. The fraction of sp³-hybridized carbons (Fsp3) is 0.0500. The standard InChI is InChI=1S/C20H17N3O2S2/c1-15-5-7-16(8-6-15)9-12-27(24,25)22-18-4-2-3-17(13-18)19-14-23-10-11-26-20(23)21-19/h2-14,22H,1H3/b12-9+. The lowest BCUT2D eigenvalue weighted by atomic mass is 10.1. The maximum Gasteiger partial charge on any atom is 0.255 e. The Kier molecular flexibility index (Phi) is 4.55. The van der Waals surface area contributed by atoms with Crippen molar-refractivity contribution in [1.82, 2.24) is 9.38 Å². The summed E-state index contributed by atoms with van der Waals surface area (Å²) in [5, 5.41) is 3.15. The summed E-state index contributed by atoms with van der Waals surface area (Å²) in [5.41, 5.74) is 4.12. The highest BCUT2D eigenvalue weighted by Crippen LogP contribution is 2.24. The van der Waals surface area contributed by atoms with Crippen molar-refractivity contribution in [2.24, 2.45) is 0 Å². The van der Waals surface area contributed by atoms with Crippen LogP contribution in [0.4, 0.5) is 5.69 Å². The molecule has 0 amide bonds. The smallest absolute Gasteiger partial charge is 0.255 e. The highest BCUT2D eigenvalue weighted by molar-refractivity contribution is 7.95. The number of hydrogen-bond donors (Lipinski definition) is 1. The molecule has 0 spiro atoms. The highest BCUT2D eigenvalue weighted by Gasteiger charge is 2.09. The molecule has 0 radical (unpaired) electrons. The number of fused-ring (bicyclic) bond motifs is 1. The average Bonchev–Trinajstić information content (AvgIpc) is 3.23. The van der Waals surface area contributed by atoms with Gasteiger partial charge in [0, 0.05) is 29.0 Å². The number of hydrogen-bond acceptors (Lipinski definition) is 4. The molecular formula is C20H17N3O2S2. The van der Waals surface area contributed by atoms with Crippen molar-refractivity contribution in [2.75, 3.05) is 4.72 Å². The molecule has 27 heavy (non-hydrogen) atoms. The van der Waals surface area contributed by atoms with E-state index in [0.29, 0.717) is 5.69 Å². The minimum absolute atomic E-state index is 0.498. The third kappa shape index (κ3) is 4.10. The molecule has 2 aromatic heterocycles. The van der Waals surface area contributed by atoms with E-state index in [1.54, 1.807) is 29.5 Å². The Morgan fingerprint density at radius 1 is 1.15 bits per heavy atom. The second kappa shape index (κ2) is 7.02. The van der Waals surface area contributed by atoms with E-state index in [1.807, 2.05) is 65.5 Å². The van der Waals surface area contributed by atoms with Crippen molar-refractivity contribution >= 4 is 38.1 Å². The Hall–Kier alpha value is -2.90. The third-order valence-electron chi connectivity index (χ3n) is 4.03. The van der Waals surface area contributed by atoms with Gasteiger partial charge in [0.1, 0.15) is 0 Å². The van der Waals surface area contributed by atoms with Crippen molar-refractivity contribution in [3.05, 3.63) is 82.8 Å². The van der Waals surface area contributed by atoms with E-state index in [1.165, 1.54) is 5.41 Å². The van der Waals surface area contributed by atoms with Crippen LogP contribution in [0.3, 0.4) is 0 Å². The summed E-state index contributed by atoms with van der Waals surface area (Å²) in [6.45, 7) is 1.99. The van der Waals surface area contributed by atoms with Gasteiger partial charge < -0.3 is 0 Å². The van der Waals surface area contributed by atoms with Gasteiger partial charge in [-0.2, -0.15) is 0 Å². The first-order valence-electron chi connectivity index (χ1n) is 8.29. The number of aryl methyl sites for hydroxylation is 1. The summed E-state index contributed by atoms with van der Waals surface area (Å²) < 4.78 is 29.3. The minimum atomic E-state index is -3.61. The van der Waals surface area contributed by atoms with Crippen LogP contribution in [-0.4, -0.2) is 17.8 Å². The molecule has 0 aliphatic heterocycles. The van der Waals surface area contributed by atoms with Gasteiger partial charge in [-0.3, -0.25) is 9.12 Å². The lowest BCUT2D eigenvalue weighted by Gasteiger charge is -2.06. The summed E-state index contributed by atoms with van der Waals surface area (Å²) in [7, 11) is -3.61. The third-order valence-corrected chi connectivity index (χ3v) is 5.81. The minimum Gasteiger partial charge on any atom is -0.297 e. The van der Waals surface area contributed by atoms with Crippen LogP contribution in [0.5, 0.6) is 0 Å². The lowest BCUT2D eigenvalue weighted by Crippen LogP contribution is -2.08. The predicted molar refractivity (Wildman–Crippen MR) is 111 cm³/mol. The molecule has 0 saturated carbocycles. The SMILES string of the molecule is Cc1ccc(/C=C/S(=O)(=O)Nc2cccc(-c3cn4ccsc4n3)c2)cc1. The topological polar surface area (TPSA) is 63.5 Å². The number of benzene rings is 2. The van der Waals surface area contributed by atoms with Crippen LogP contribution in [0.25, 0.3) is 22.3 Å². The number of nitrogens with zero attached hydrogens (tertiary/aromatic N) is 2. The molecule has 0 aliphatic carbocycles. The van der Waals surface area contributed by atoms with Gasteiger partial charge >= 0.3 is 0 Å². The summed E-state index contributed by atoms with van der Waals surface area (Å²) in [6.07, 6.45) is 5.45. The molecule has 0 aliphatic rings. The maximum atomic E-state index is 12.4. The summed E-state index contributed by atoms with van der Waals surface area (Å²) in [4.78, 5) is 5.45. The van der Waals surface area contributed by atoms with E-state index >= 15 is 0 Å². The molecule has 2 heterocycles. The van der Waals surface area contributed by atoms with Gasteiger partial charge in [0.05, 0.1) is 11.1 Å². The molecule has 1 N–H and O–H groups in total. The quantitative estimate of drug-likeness (QED) is 0.529. The van der Waals surface area contributed by atoms with E-state index in [4.69, 9.17) is 0 Å². The van der Waals surface area contributed by atoms with Crippen LogP contribution in [0, 0.1) is 6.92 Å². The lowest BCUT2D eigenvalue weighted by molar-refractivity contribution is 0.609. The van der Waals surface area contributed by atoms with E-state index in [9.17, 15) is 8.42 Å². The zero-order chi connectivity index (χ0) is 18.9. The maximum absolute atomic E-state index is 12.4. The first-order valence-corrected chi connectivity index (χ1v) is 10.7. The van der Waals surface area contributed by atoms with Gasteiger partial charge in [-0.15, -0.1) is 11.3 Å². The Labute approximate surface area is 161 Å². The van der Waals surface area contributed by atoms with E-state index in [2.05, 4.69) is 9.71 Å². The van der Waals surface area contributed by atoms with Gasteiger partial charge in [-0.1, -0.05) is 42.0 Å². The van der Waals surface area contributed by atoms with Crippen LogP contribution in [0.2, 0.25) is 0 Å². The van der Waals surface area contributed by atoms with Gasteiger partial charge in [-0.05, 0) is 30.7 Å². The van der Waals surface area contributed by atoms with Crippen molar-refractivity contribution in [2.45, 2.75) is 6.92 Å². The molecule has 0 fully saturated rings. The van der Waals surface area contributed by atoms with Gasteiger partial charge in [0.15, 0.2) is 4.96 Å². The molecule has 0 atom stereocenters. The van der Waals surface area contributed by atoms with Crippen molar-refractivity contribution in [3.8, 4) is 11.3 Å². The molecule has 2 aromatic carbocycles. The molecule has 7 heteroatoms. The number of anilines is 1. The van der Waals surface area contributed by atoms with Crippen LogP contribution in [0.15, 0.2) is 71.7 Å². The van der Waals surface area contributed by atoms with Gasteiger partial charge in [-0.25, -0.2) is 13.4 Å². The van der Waals surface area contributed by atoms with Crippen LogP contribution in [0.1, 0.15) is 11.1 Å². The van der Waals surface area contributed by atoms with Crippen molar-refractivity contribution < 1.29 is 8.42 Å². The molecule has 0 saturated heterocycles. The van der Waals surface area contributed by atoms with Crippen LogP contribution in [-0.2, 0) is 10.0 Å². The Balaban J connectivity index is 1.54. The van der Waals surface area contributed by atoms with E-state index in [0.717, 1.165) is 27.3 Å². The zero-order valence-corrected chi connectivity index (χ0v) is 16.2. The molecule has 136 valence electrons. The first kappa shape index (κ1) is 17.5. The summed E-state index contributed by atoms with van der Waals surface area (Å²) in [5.74, 6) is 0. The average molecular weight is 396 g/mol. The Bertz CT molecular complexity index is 1190. The fourth-order valence-electron chi connectivity index (χ4n) is 2.65. The fourth-order valence-corrected chi connectivity index (χ4v) is 4.21. The first-order chi connectivity index (χ1) is 13.0. The van der Waals surface area contributed by atoms with Crippen LogP contribution >= 0.6 is 11.3 Å². The molecule has 4 aromatic rings. The number of sulfonamides is 1. The van der Waals surface area contributed by atoms with Crippen LogP contribution < -0.4 is 4.72 Å². The van der Waals surface area contributed by atoms with E-state index in [-0.39, 0.29) is 0 Å². The molecular weight excluding hydrogens is 378 g/mol. The number of nitrogens with one attached hydrogen (secondary N) is 1. The molecule has 5 nitrogen and oxygen atoms in total. The van der Waals surface area contributed by atoms with Gasteiger partial charge in [0.2, 0.25) is 0 Å². The molecule has 4 rings (SSSR count). The largest absolute Gasteiger partial charge is 0.297 e. The predicted octanol–water partition coefficient (Wildman–Crippen LogP) is 4.78. The normalized spacial score (nSPS) is 12.0. The van der Waals surface area contributed by atoms with Crippen molar-refractivity contribution in [1.29, 1.82) is 0 Å². The molecule has 0 unspecified atom stereocenters. The second-order valence-electron chi connectivity index (χ2n) is 6.16. The van der Waals surface area contributed by atoms with Gasteiger partial charge in [0.25, 0.3) is 10.0 Å². The highest BCUT2D eigenvalue weighted by atomic mass is 32.2. The monoisotopic (exact) mass is 395 g/mol. The zero-order valence-electron chi connectivity index (χ0n) is 14.5. The number of aromatic nitrogens is 2. The summed E-state index contributed by atoms with van der Waals surface area (Å²) in [6, 6.07) is 14.9. The Morgan fingerprint density at radius 3 is 2.74 bits per heavy atom. The van der Waals surface area contributed by atoms with E-state index < -0.39 is 10.0 Å². The number of rotatable bonds is 5. The number of thiazole rings is 1. The number of imidazole rings is 1. The molecule has 0 bridgehead atoms. The summed E-state index contributed by atoms with van der Waals surface area (Å²) >= 11 is 1.55. The second-order valence-corrected chi connectivity index (χ2v) is 8.60.